The van der Waals surface area contributed by atoms with Gasteiger partial charge < -0.3 is 5.73 Å². The van der Waals surface area contributed by atoms with Crippen LogP contribution in [0, 0.1) is 17.8 Å². The summed E-state index contributed by atoms with van der Waals surface area (Å²) < 4.78 is 0. The number of hydrogen-bond acceptors (Lipinski definition) is 1. The fraction of sp³-hybridized carbons (Fsp3) is 1.00. The molecule has 0 amide bonds. The molecule has 4 atom stereocenters. The van der Waals surface area contributed by atoms with Crippen LogP contribution in [0.15, 0.2) is 0 Å². The largest absolute Gasteiger partial charge is 0.327 e. The molecule has 2 aliphatic carbocycles. The van der Waals surface area contributed by atoms with Crippen LogP contribution in [0.3, 0.4) is 0 Å². The summed E-state index contributed by atoms with van der Waals surface area (Å²) in [5.74, 6) is 2.96. The molecule has 0 aromatic carbocycles. The third-order valence-electron chi connectivity index (χ3n) is 4.66. The van der Waals surface area contributed by atoms with Crippen molar-refractivity contribution in [2.75, 3.05) is 0 Å². The topological polar surface area (TPSA) is 26.0 Å². The highest BCUT2D eigenvalue weighted by Gasteiger charge is 2.33. The lowest BCUT2D eigenvalue weighted by atomic mass is 9.66. The van der Waals surface area contributed by atoms with Crippen LogP contribution in [0.2, 0.25) is 0 Å². The second-order valence-electron chi connectivity index (χ2n) is 5.45. The highest BCUT2D eigenvalue weighted by molar-refractivity contribution is 4.86. The van der Waals surface area contributed by atoms with E-state index < -0.39 is 0 Å². The average Bonchev–Trinajstić information content (AvgIpc) is 2.27. The van der Waals surface area contributed by atoms with Crippen molar-refractivity contribution in [3.8, 4) is 0 Å². The zero-order valence-corrected chi connectivity index (χ0v) is 9.54. The minimum Gasteiger partial charge on any atom is -0.327 e. The van der Waals surface area contributed by atoms with E-state index in [1.807, 2.05) is 0 Å². The molecule has 0 radical (unpaired) electrons. The Morgan fingerprint density at radius 1 is 1.07 bits per heavy atom. The molecule has 0 aromatic rings. The van der Waals surface area contributed by atoms with Crippen molar-refractivity contribution < 1.29 is 0 Å². The smallest absolute Gasteiger partial charge is 0.00646 e. The summed E-state index contributed by atoms with van der Waals surface area (Å²) in [5.41, 5.74) is 6.17. The van der Waals surface area contributed by atoms with Crippen molar-refractivity contribution in [2.45, 2.75) is 64.3 Å². The molecule has 0 saturated heterocycles. The molecule has 4 unspecified atom stereocenters. The molecule has 0 spiro atoms. The van der Waals surface area contributed by atoms with Crippen molar-refractivity contribution in [3.63, 3.8) is 0 Å². The van der Waals surface area contributed by atoms with Crippen LogP contribution >= 0.6 is 0 Å². The predicted molar refractivity (Wildman–Crippen MR) is 61.1 cm³/mol. The van der Waals surface area contributed by atoms with Crippen LogP contribution in [0.1, 0.15) is 58.3 Å². The van der Waals surface area contributed by atoms with E-state index >= 15 is 0 Å². The highest BCUT2D eigenvalue weighted by atomic mass is 14.6. The molecule has 0 bridgehead atoms. The fourth-order valence-corrected chi connectivity index (χ4v) is 3.63. The second-order valence-corrected chi connectivity index (χ2v) is 5.45. The first kappa shape index (κ1) is 10.5. The third-order valence-corrected chi connectivity index (χ3v) is 4.66. The summed E-state index contributed by atoms with van der Waals surface area (Å²) in [5, 5.41) is 0. The summed E-state index contributed by atoms with van der Waals surface area (Å²) >= 11 is 0. The zero-order chi connectivity index (χ0) is 9.97. The normalized spacial score (nSPS) is 40.3. The van der Waals surface area contributed by atoms with E-state index in [1.165, 1.54) is 51.4 Å². The van der Waals surface area contributed by atoms with Crippen molar-refractivity contribution in [1.29, 1.82) is 0 Å². The van der Waals surface area contributed by atoms with Gasteiger partial charge in [-0.1, -0.05) is 32.6 Å². The monoisotopic (exact) mass is 195 g/mol. The Kier molecular flexibility index (Phi) is 3.48. The molecule has 0 aliphatic heterocycles. The van der Waals surface area contributed by atoms with Gasteiger partial charge in [-0.15, -0.1) is 0 Å². The third kappa shape index (κ3) is 2.13. The van der Waals surface area contributed by atoms with Gasteiger partial charge in [0, 0.05) is 6.04 Å². The van der Waals surface area contributed by atoms with Gasteiger partial charge in [-0.2, -0.15) is 0 Å². The molecule has 2 saturated carbocycles. The molecule has 2 fully saturated rings. The number of hydrogen-bond donors (Lipinski definition) is 1. The maximum absolute atomic E-state index is 6.17. The molecular weight excluding hydrogens is 170 g/mol. The Balaban J connectivity index is 1.89. The van der Waals surface area contributed by atoms with Crippen LogP contribution in [-0.2, 0) is 0 Å². The Morgan fingerprint density at radius 2 is 1.79 bits per heavy atom. The summed E-state index contributed by atoms with van der Waals surface area (Å²) in [6.07, 6.45) is 11.5. The standard InChI is InChI=1S/C13H25N/c1-2-13(14)12-8-7-10-5-3-4-6-11(10)9-12/h10-13H,2-9,14H2,1H3. The number of nitrogens with two attached hydrogens (primary N) is 1. The Bertz CT molecular complexity index is 178. The first-order chi connectivity index (χ1) is 6.81. The van der Waals surface area contributed by atoms with E-state index in [2.05, 4.69) is 6.92 Å². The molecule has 0 heterocycles. The Labute approximate surface area is 88.4 Å². The van der Waals surface area contributed by atoms with E-state index in [-0.39, 0.29) is 0 Å². The summed E-state index contributed by atoms with van der Waals surface area (Å²) in [6, 6.07) is 0.484. The van der Waals surface area contributed by atoms with Gasteiger partial charge in [0.15, 0.2) is 0 Å². The highest BCUT2D eigenvalue weighted by Crippen LogP contribution is 2.43. The van der Waals surface area contributed by atoms with Gasteiger partial charge in [-0.25, -0.2) is 0 Å². The maximum Gasteiger partial charge on any atom is 0.00646 e. The van der Waals surface area contributed by atoms with E-state index in [4.69, 9.17) is 5.73 Å². The van der Waals surface area contributed by atoms with Gasteiger partial charge >= 0.3 is 0 Å². The van der Waals surface area contributed by atoms with Gasteiger partial charge in [0.2, 0.25) is 0 Å². The van der Waals surface area contributed by atoms with Crippen LogP contribution in [0.4, 0.5) is 0 Å². The van der Waals surface area contributed by atoms with Gasteiger partial charge in [0.25, 0.3) is 0 Å². The molecule has 2 aliphatic rings. The van der Waals surface area contributed by atoms with Crippen molar-refractivity contribution in [1.82, 2.24) is 0 Å². The first-order valence-electron chi connectivity index (χ1n) is 6.56. The molecule has 1 heteroatoms. The van der Waals surface area contributed by atoms with Crippen LogP contribution in [0.5, 0.6) is 0 Å². The fourth-order valence-electron chi connectivity index (χ4n) is 3.63. The van der Waals surface area contributed by atoms with E-state index in [9.17, 15) is 0 Å². The van der Waals surface area contributed by atoms with E-state index in [1.54, 1.807) is 0 Å². The quantitative estimate of drug-likeness (QED) is 0.718. The van der Waals surface area contributed by atoms with Crippen LogP contribution in [0.25, 0.3) is 0 Å². The summed E-state index contributed by atoms with van der Waals surface area (Å²) in [4.78, 5) is 0. The van der Waals surface area contributed by atoms with E-state index in [0.29, 0.717) is 6.04 Å². The maximum atomic E-state index is 6.17. The number of fused-ring (bicyclic) bond motifs is 1. The lowest BCUT2D eigenvalue weighted by molar-refractivity contribution is 0.116. The second kappa shape index (κ2) is 4.65. The molecule has 1 nitrogen and oxygen atoms in total. The average molecular weight is 195 g/mol. The molecule has 82 valence electrons. The van der Waals surface area contributed by atoms with Crippen molar-refractivity contribution in [2.24, 2.45) is 23.5 Å². The van der Waals surface area contributed by atoms with E-state index in [0.717, 1.165) is 17.8 Å². The van der Waals surface area contributed by atoms with Gasteiger partial charge in [-0.05, 0) is 43.4 Å². The lowest BCUT2D eigenvalue weighted by Crippen LogP contribution is -2.37. The van der Waals surface area contributed by atoms with Crippen LogP contribution < -0.4 is 5.73 Å². The van der Waals surface area contributed by atoms with Crippen molar-refractivity contribution in [3.05, 3.63) is 0 Å². The van der Waals surface area contributed by atoms with Gasteiger partial charge in [0.05, 0.1) is 0 Å². The summed E-state index contributed by atoms with van der Waals surface area (Å²) in [7, 11) is 0. The van der Waals surface area contributed by atoms with Gasteiger partial charge in [0.1, 0.15) is 0 Å². The minimum atomic E-state index is 0.484. The van der Waals surface area contributed by atoms with Crippen LogP contribution in [-0.4, -0.2) is 6.04 Å². The first-order valence-corrected chi connectivity index (χ1v) is 6.56. The minimum absolute atomic E-state index is 0.484. The van der Waals surface area contributed by atoms with Crippen molar-refractivity contribution >= 4 is 0 Å². The SMILES string of the molecule is CCC(N)C1CCC2CCCCC2C1. The summed E-state index contributed by atoms with van der Waals surface area (Å²) in [6.45, 7) is 2.23. The molecule has 14 heavy (non-hydrogen) atoms. The molecule has 0 aromatic heterocycles. The molecular formula is C13H25N. The molecule has 2 rings (SSSR count). The Morgan fingerprint density at radius 3 is 2.50 bits per heavy atom. The number of rotatable bonds is 2. The Hall–Kier alpha value is -0.0400. The van der Waals surface area contributed by atoms with Gasteiger partial charge in [-0.3, -0.25) is 0 Å². The molecule has 2 N–H and O–H groups in total. The lowest BCUT2D eigenvalue weighted by Gasteiger charge is -2.41. The zero-order valence-electron chi connectivity index (χ0n) is 9.54. The predicted octanol–water partition coefficient (Wildman–Crippen LogP) is 3.33.